The van der Waals surface area contributed by atoms with E-state index in [1.54, 1.807) is 6.92 Å². The first-order chi connectivity index (χ1) is 13.8. The summed E-state index contributed by atoms with van der Waals surface area (Å²) < 4.78 is 0. The van der Waals surface area contributed by atoms with Gasteiger partial charge in [-0.15, -0.1) is 0 Å². The minimum atomic E-state index is -1.21. The molecule has 2 N–H and O–H groups in total. The molecule has 0 fully saturated rings. The van der Waals surface area contributed by atoms with Crippen LogP contribution in [0.5, 0.6) is 0 Å². The van der Waals surface area contributed by atoms with Gasteiger partial charge in [-0.3, -0.25) is 29.8 Å². The Morgan fingerprint density at radius 2 is 1.72 bits per heavy atom. The van der Waals surface area contributed by atoms with Gasteiger partial charge in [0.2, 0.25) is 5.91 Å². The normalized spacial score (nSPS) is 18.4. The zero-order chi connectivity index (χ0) is 21.1. The van der Waals surface area contributed by atoms with E-state index in [1.165, 1.54) is 48.5 Å². The SMILES string of the molecule is CC1=NNC(=O)C(C(=O)Nc2cccc([N+](=O)[O-])c2)C1c1ccc([N+](=O)[O-])cc1. The molecule has 0 spiro atoms. The van der Waals surface area contributed by atoms with Crippen LogP contribution in [-0.2, 0) is 9.59 Å². The summed E-state index contributed by atoms with van der Waals surface area (Å²) in [5.74, 6) is -3.29. The molecule has 2 amide bonds. The number of nitrogens with one attached hydrogen (secondary N) is 2. The first-order valence-electron chi connectivity index (χ1n) is 8.41. The van der Waals surface area contributed by atoms with Crippen LogP contribution >= 0.6 is 0 Å². The third kappa shape index (κ3) is 4.08. The van der Waals surface area contributed by atoms with Crippen LogP contribution in [0.4, 0.5) is 17.1 Å². The van der Waals surface area contributed by atoms with Crippen LogP contribution in [0.3, 0.4) is 0 Å². The molecule has 1 aliphatic heterocycles. The third-order valence-corrected chi connectivity index (χ3v) is 4.48. The Bertz CT molecular complexity index is 1030. The van der Waals surface area contributed by atoms with E-state index in [9.17, 15) is 29.8 Å². The molecule has 1 heterocycles. The summed E-state index contributed by atoms with van der Waals surface area (Å²) in [5, 5.41) is 28.2. The number of carbonyl (C=O) groups is 2. The zero-order valence-electron chi connectivity index (χ0n) is 15.1. The Balaban J connectivity index is 1.92. The number of non-ortho nitro benzene ring substituents is 2. The van der Waals surface area contributed by atoms with Gasteiger partial charge >= 0.3 is 0 Å². The molecule has 2 unspecified atom stereocenters. The van der Waals surface area contributed by atoms with E-state index in [4.69, 9.17) is 0 Å². The van der Waals surface area contributed by atoms with Crippen LogP contribution in [0.15, 0.2) is 53.6 Å². The minimum Gasteiger partial charge on any atom is -0.325 e. The molecule has 29 heavy (non-hydrogen) atoms. The number of nitrogens with zero attached hydrogens (tertiary/aromatic N) is 3. The molecule has 0 bridgehead atoms. The van der Waals surface area contributed by atoms with Crippen molar-refractivity contribution < 1.29 is 19.4 Å². The van der Waals surface area contributed by atoms with Gasteiger partial charge in [-0.25, -0.2) is 5.43 Å². The highest BCUT2D eigenvalue weighted by Gasteiger charge is 2.40. The second-order valence-corrected chi connectivity index (χ2v) is 6.33. The minimum absolute atomic E-state index is 0.124. The van der Waals surface area contributed by atoms with Crippen molar-refractivity contribution in [2.45, 2.75) is 12.8 Å². The number of hydrazone groups is 1. The number of rotatable bonds is 5. The van der Waals surface area contributed by atoms with Gasteiger partial charge in [0, 0.05) is 41.6 Å². The first kappa shape index (κ1) is 19.6. The molecular weight excluding hydrogens is 382 g/mol. The molecule has 0 saturated heterocycles. The van der Waals surface area contributed by atoms with Gasteiger partial charge in [0.05, 0.1) is 9.85 Å². The largest absolute Gasteiger partial charge is 0.325 e. The van der Waals surface area contributed by atoms with Crippen molar-refractivity contribution >= 4 is 34.6 Å². The van der Waals surface area contributed by atoms with Crippen molar-refractivity contribution in [2.75, 3.05) is 5.32 Å². The fraction of sp³-hybridized carbons (Fsp3) is 0.167. The molecule has 2 aromatic carbocycles. The maximum Gasteiger partial charge on any atom is 0.271 e. The summed E-state index contributed by atoms with van der Waals surface area (Å²) in [7, 11) is 0. The van der Waals surface area contributed by atoms with E-state index < -0.39 is 33.5 Å². The fourth-order valence-corrected chi connectivity index (χ4v) is 3.10. The molecule has 11 nitrogen and oxygen atoms in total. The topological polar surface area (TPSA) is 157 Å². The number of hydrogen-bond donors (Lipinski definition) is 2. The Kier molecular flexibility index (Phi) is 5.30. The summed E-state index contributed by atoms with van der Waals surface area (Å²) in [6.07, 6.45) is 0. The van der Waals surface area contributed by atoms with Crippen molar-refractivity contribution in [3.63, 3.8) is 0 Å². The highest BCUT2D eigenvalue weighted by Crippen LogP contribution is 2.31. The number of anilines is 1. The summed E-state index contributed by atoms with van der Waals surface area (Å²) in [5.41, 5.74) is 3.06. The van der Waals surface area contributed by atoms with Gasteiger partial charge in [-0.1, -0.05) is 18.2 Å². The lowest BCUT2D eigenvalue weighted by Crippen LogP contribution is -2.46. The number of benzene rings is 2. The maximum atomic E-state index is 12.9. The molecule has 1 aliphatic rings. The highest BCUT2D eigenvalue weighted by molar-refractivity contribution is 6.13. The van der Waals surface area contributed by atoms with E-state index in [-0.39, 0.29) is 17.1 Å². The number of hydrogen-bond acceptors (Lipinski definition) is 7. The van der Waals surface area contributed by atoms with Crippen LogP contribution in [0, 0.1) is 26.1 Å². The predicted molar refractivity (Wildman–Crippen MR) is 102 cm³/mol. The second kappa shape index (κ2) is 7.84. The lowest BCUT2D eigenvalue weighted by atomic mass is 9.80. The van der Waals surface area contributed by atoms with E-state index in [0.717, 1.165) is 0 Å². The highest BCUT2D eigenvalue weighted by atomic mass is 16.6. The van der Waals surface area contributed by atoms with E-state index in [2.05, 4.69) is 15.8 Å². The quantitative estimate of drug-likeness (QED) is 0.448. The summed E-state index contributed by atoms with van der Waals surface area (Å²) >= 11 is 0. The second-order valence-electron chi connectivity index (χ2n) is 6.33. The van der Waals surface area contributed by atoms with E-state index in [1.807, 2.05) is 0 Å². The van der Waals surface area contributed by atoms with Crippen molar-refractivity contribution in [1.82, 2.24) is 5.43 Å². The van der Waals surface area contributed by atoms with Gasteiger partial charge in [-0.05, 0) is 18.6 Å². The molecular formula is C18H15N5O6. The van der Waals surface area contributed by atoms with Crippen LogP contribution in [0.2, 0.25) is 0 Å². The number of nitro benzene ring substituents is 2. The Morgan fingerprint density at radius 3 is 2.34 bits per heavy atom. The Morgan fingerprint density at radius 1 is 1.07 bits per heavy atom. The molecule has 3 rings (SSSR count). The van der Waals surface area contributed by atoms with Gasteiger partial charge in [-0.2, -0.15) is 5.10 Å². The molecule has 2 aromatic rings. The summed E-state index contributed by atoms with van der Waals surface area (Å²) in [6, 6.07) is 10.8. The Hall–Kier alpha value is -4.15. The smallest absolute Gasteiger partial charge is 0.271 e. The lowest BCUT2D eigenvalue weighted by Gasteiger charge is -2.28. The van der Waals surface area contributed by atoms with Gasteiger partial charge in [0.1, 0.15) is 5.92 Å². The van der Waals surface area contributed by atoms with Crippen LogP contribution in [-0.4, -0.2) is 27.4 Å². The molecule has 0 saturated carbocycles. The molecule has 0 radical (unpaired) electrons. The van der Waals surface area contributed by atoms with Crippen molar-refractivity contribution in [1.29, 1.82) is 0 Å². The van der Waals surface area contributed by atoms with Gasteiger partial charge in [0.15, 0.2) is 0 Å². The molecule has 0 aliphatic carbocycles. The van der Waals surface area contributed by atoms with Gasteiger partial charge in [0.25, 0.3) is 17.3 Å². The van der Waals surface area contributed by atoms with E-state index in [0.29, 0.717) is 11.3 Å². The summed E-state index contributed by atoms with van der Waals surface area (Å²) in [6.45, 7) is 1.62. The monoisotopic (exact) mass is 397 g/mol. The average molecular weight is 397 g/mol. The first-order valence-corrected chi connectivity index (χ1v) is 8.41. The number of carbonyl (C=O) groups excluding carboxylic acids is 2. The average Bonchev–Trinajstić information content (AvgIpc) is 2.69. The van der Waals surface area contributed by atoms with Crippen molar-refractivity contribution in [3.8, 4) is 0 Å². The predicted octanol–water partition coefficient (Wildman–Crippen LogP) is 2.35. The number of amides is 2. The fourth-order valence-electron chi connectivity index (χ4n) is 3.10. The van der Waals surface area contributed by atoms with Crippen LogP contribution in [0.25, 0.3) is 0 Å². The van der Waals surface area contributed by atoms with E-state index >= 15 is 0 Å². The lowest BCUT2D eigenvalue weighted by molar-refractivity contribution is -0.385. The summed E-state index contributed by atoms with van der Waals surface area (Å²) in [4.78, 5) is 45.9. The zero-order valence-corrected chi connectivity index (χ0v) is 15.1. The molecule has 148 valence electrons. The van der Waals surface area contributed by atoms with Crippen molar-refractivity contribution in [3.05, 3.63) is 74.3 Å². The van der Waals surface area contributed by atoms with Crippen LogP contribution < -0.4 is 10.7 Å². The maximum absolute atomic E-state index is 12.9. The van der Waals surface area contributed by atoms with Crippen LogP contribution in [0.1, 0.15) is 18.4 Å². The molecule has 0 aromatic heterocycles. The Labute approximate surface area is 163 Å². The van der Waals surface area contributed by atoms with Crippen molar-refractivity contribution in [2.24, 2.45) is 11.0 Å². The number of nitro groups is 2. The molecule has 11 heteroatoms. The third-order valence-electron chi connectivity index (χ3n) is 4.48. The molecule has 2 atom stereocenters. The standard InChI is InChI=1S/C18H15N5O6/c1-10-15(11-5-7-13(8-6-11)22(26)27)16(18(25)21-20-10)17(24)19-12-3-2-4-14(9-12)23(28)29/h2-9,15-16H,1H3,(H,19,24)(H,21,25). The van der Waals surface area contributed by atoms with Gasteiger partial charge < -0.3 is 5.32 Å².